The van der Waals surface area contributed by atoms with Crippen LogP contribution < -0.4 is 5.32 Å². The molecule has 2 fully saturated rings. The fourth-order valence-corrected chi connectivity index (χ4v) is 5.56. The summed E-state index contributed by atoms with van der Waals surface area (Å²) in [6, 6.07) is 4.35. The van der Waals surface area contributed by atoms with Crippen LogP contribution in [0.3, 0.4) is 0 Å². The van der Waals surface area contributed by atoms with Crippen LogP contribution in [0.1, 0.15) is 30.6 Å². The molecular formula is C14H22N2O2S2. The zero-order valence-corrected chi connectivity index (χ0v) is 13.5. The first-order valence-corrected chi connectivity index (χ1v) is 9.61. The van der Waals surface area contributed by atoms with E-state index < -0.39 is 10.0 Å². The van der Waals surface area contributed by atoms with Gasteiger partial charge in [-0.2, -0.15) is 4.31 Å². The Morgan fingerprint density at radius 2 is 1.95 bits per heavy atom. The lowest BCUT2D eigenvalue weighted by atomic mass is 9.98. The summed E-state index contributed by atoms with van der Waals surface area (Å²) in [4.78, 5) is 1.05. The molecular weight excluding hydrogens is 292 g/mol. The maximum atomic E-state index is 12.5. The van der Waals surface area contributed by atoms with Crippen LogP contribution in [0, 0.1) is 12.8 Å². The van der Waals surface area contributed by atoms with Crippen molar-refractivity contribution in [2.45, 2.75) is 42.9 Å². The Balaban J connectivity index is 1.56. The fraction of sp³-hybridized carbons (Fsp3) is 0.714. The van der Waals surface area contributed by atoms with E-state index in [9.17, 15) is 8.42 Å². The van der Waals surface area contributed by atoms with Crippen molar-refractivity contribution in [2.24, 2.45) is 5.92 Å². The van der Waals surface area contributed by atoms with Crippen LogP contribution in [0.25, 0.3) is 0 Å². The first kappa shape index (κ1) is 14.5. The highest BCUT2D eigenvalue weighted by molar-refractivity contribution is 7.91. The van der Waals surface area contributed by atoms with Gasteiger partial charge in [0.1, 0.15) is 4.21 Å². The van der Waals surface area contributed by atoms with Crippen molar-refractivity contribution >= 4 is 21.4 Å². The summed E-state index contributed by atoms with van der Waals surface area (Å²) in [6.45, 7) is 4.32. The van der Waals surface area contributed by atoms with Crippen molar-refractivity contribution < 1.29 is 8.42 Å². The van der Waals surface area contributed by atoms with E-state index >= 15 is 0 Å². The molecule has 6 heteroatoms. The summed E-state index contributed by atoms with van der Waals surface area (Å²) in [5.41, 5.74) is 0. The van der Waals surface area contributed by atoms with E-state index in [0.717, 1.165) is 30.3 Å². The molecule has 0 amide bonds. The Morgan fingerprint density at radius 1 is 1.25 bits per heavy atom. The highest BCUT2D eigenvalue weighted by atomic mass is 32.2. The Kier molecular flexibility index (Phi) is 4.17. The van der Waals surface area contributed by atoms with Gasteiger partial charge < -0.3 is 5.32 Å². The number of piperidine rings is 1. The van der Waals surface area contributed by atoms with E-state index in [-0.39, 0.29) is 0 Å². The molecule has 2 heterocycles. The number of rotatable bonds is 5. The summed E-state index contributed by atoms with van der Waals surface area (Å²) >= 11 is 1.37. The van der Waals surface area contributed by atoms with Crippen LogP contribution in [-0.4, -0.2) is 38.4 Å². The van der Waals surface area contributed by atoms with Crippen molar-refractivity contribution in [3.8, 4) is 0 Å². The summed E-state index contributed by atoms with van der Waals surface area (Å²) in [5, 5.41) is 3.55. The molecule has 0 radical (unpaired) electrons. The summed E-state index contributed by atoms with van der Waals surface area (Å²) in [5.74, 6) is 0.632. The van der Waals surface area contributed by atoms with Gasteiger partial charge in [-0.15, -0.1) is 11.3 Å². The first-order chi connectivity index (χ1) is 9.55. The lowest BCUT2D eigenvalue weighted by molar-refractivity contribution is 0.267. The molecule has 0 unspecified atom stereocenters. The van der Waals surface area contributed by atoms with E-state index in [1.165, 1.54) is 24.2 Å². The molecule has 0 aromatic carbocycles. The molecule has 1 saturated heterocycles. The minimum atomic E-state index is -3.25. The molecule has 1 N–H and O–H groups in total. The molecule has 3 rings (SSSR count). The highest BCUT2D eigenvalue weighted by Crippen LogP contribution is 2.28. The van der Waals surface area contributed by atoms with Crippen LogP contribution in [0.2, 0.25) is 0 Å². The fourth-order valence-electron chi connectivity index (χ4n) is 2.65. The standard InChI is InChI=1S/C14H22N2O2S2/c1-11-2-5-14(19-11)20(17,18)16-8-6-12(7-9-16)10-15-13-3-4-13/h2,5,12-13,15H,3-4,6-10H2,1H3. The molecule has 1 aliphatic carbocycles. The first-order valence-electron chi connectivity index (χ1n) is 7.35. The number of hydrogen-bond donors (Lipinski definition) is 1. The summed E-state index contributed by atoms with van der Waals surface area (Å²) in [6.07, 6.45) is 4.57. The molecule has 1 aromatic rings. The van der Waals surface area contributed by atoms with E-state index in [1.807, 2.05) is 13.0 Å². The summed E-state index contributed by atoms with van der Waals surface area (Å²) in [7, 11) is -3.25. The molecule has 0 spiro atoms. The van der Waals surface area contributed by atoms with E-state index in [0.29, 0.717) is 23.2 Å². The number of nitrogens with zero attached hydrogens (tertiary/aromatic N) is 1. The average Bonchev–Trinajstić information content (AvgIpc) is 3.17. The van der Waals surface area contributed by atoms with Crippen molar-refractivity contribution in [3.05, 3.63) is 17.0 Å². The molecule has 0 atom stereocenters. The third-order valence-electron chi connectivity index (χ3n) is 4.16. The quantitative estimate of drug-likeness (QED) is 0.906. The number of thiophene rings is 1. The lowest BCUT2D eigenvalue weighted by Crippen LogP contribution is -2.40. The second-order valence-electron chi connectivity index (χ2n) is 5.90. The smallest absolute Gasteiger partial charge is 0.252 e. The number of sulfonamides is 1. The maximum absolute atomic E-state index is 12.5. The number of aryl methyl sites for hydroxylation is 1. The van der Waals surface area contributed by atoms with E-state index in [4.69, 9.17) is 0 Å². The highest BCUT2D eigenvalue weighted by Gasteiger charge is 2.31. The van der Waals surface area contributed by atoms with Crippen molar-refractivity contribution in [1.29, 1.82) is 0 Å². The second kappa shape index (κ2) is 5.75. The minimum Gasteiger partial charge on any atom is -0.314 e. The third-order valence-corrected chi connectivity index (χ3v) is 7.52. The van der Waals surface area contributed by atoms with Crippen LogP contribution >= 0.6 is 11.3 Å². The summed E-state index contributed by atoms with van der Waals surface area (Å²) < 4.78 is 27.2. The number of hydrogen-bond acceptors (Lipinski definition) is 4. The molecule has 1 saturated carbocycles. The largest absolute Gasteiger partial charge is 0.314 e. The van der Waals surface area contributed by atoms with Gasteiger partial charge in [-0.3, -0.25) is 0 Å². The normalized spacial score (nSPS) is 22.2. The van der Waals surface area contributed by atoms with Gasteiger partial charge in [0.2, 0.25) is 0 Å². The monoisotopic (exact) mass is 314 g/mol. The van der Waals surface area contributed by atoms with E-state index in [2.05, 4.69) is 5.32 Å². The molecule has 0 bridgehead atoms. The average molecular weight is 314 g/mol. The second-order valence-corrected chi connectivity index (χ2v) is 9.35. The van der Waals surface area contributed by atoms with Gasteiger partial charge in [-0.25, -0.2) is 8.42 Å². The van der Waals surface area contributed by atoms with Gasteiger partial charge >= 0.3 is 0 Å². The van der Waals surface area contributed by atoms with Gasteiger partial charge in [0.15, 0.2) is 0 Å². The van der Waals surface area contributed by atoms with Crippen LogP contribution in [0.5, 0.6) is 0 Å². The molecule has 20 heavy (non-hydrogen) atoms. The Labute approximate surface area is 125 Å². The van der Waals surface area contributed by atoms with Gasteiger partial charge in [-0.05, 0) is 57.2 Å². The van der Waals surface area contributed by atoms with Crippen molar-refractivity contribution in [1.82, 2.24) is 9.62 Å². The van der Waals surface area contributed by atoms with Crippen LogP contribution in [0.15, 0.2) is 16.3 Å². The SMILES string of the molecule is Cc1ccc(S(=O)(=O)N2CCC(CNC3CC3)CC2)s1. The van der Waals surface area contributed by atoms with E-state index in [1.54, 1.807) is 10.4 Å². The minimum absolute atomic E-state index is 0.490. The van der Waals surface area contributed by atoms with Gasteiger partial charge in [0.25, 0.3) is 10.0 Å². The van der Waals surface area contributed by atoms with Gasteiger partial charge in [-0.1, -0.05) is 0 Å². The zero-order chi connectivity index (χ0) is 14.2. The Morgan fingerprint density at radius 3 is 2.50 bits per heavy atom. The molecule has 112 valence electrons. The Hall–Kier alpha value is -0.430. The topological polar surface area (TPSA) is 49.4 Å². The van der Waals surface area contributed by atoms with Crippen molar-refractivity contribution in [2.75, 3.05) is 19.6 Å². The van der Waals surface area contributed by atoms with Gasteiger partial charge in [0.05, 0.1) is 0 Å². The molecule has 2 aliphatic rings. The number of nitrogens with one attached hydrogen (secondary N) is 1. The maximum Gasteiger partial charge on any atom is 0.252 e. The molecule has 1 aliphatic heterocycles. The van der Waals surface area contributed by atoms with Crippen LogP contribution in [0.4, 0.5) is 0 Å². The van der Waals surface area contributed by atoms with Crippen LogP contribution in [-0.2, 0) is 10.0 Å². The Bertz CT molecular complexity index is 555. The predicted octanol–water partition coefficient (Wildman–Crippen LogP) is 2.21. The zero-order valence-electron chi connectivity index (χ0n) is 11.8. The third kappa shape index (κ3) is 3.24. The lowest BCUT2D eigenvalue weighted by Gasteiger charge is -2.31. The van der Waals surface area contributed by atoms with Gasteiger partial charge in [0, 0.05) is 24.0 Å². The predicted molar refractivity (Wildman–Crippen MR) is 81.6 cm³/mol. The molecule has 4 nitrogen and oxygen atoms in total. The molecule has 1 aromatic heterocycles. The van der Waals surface area contributed by atoms with Crippen molar-refractivity contribution in [3.63, 3.8) is 0 Å².